The second-order valence-corrected chi connectivity index (χ2v) is 7.27. The lowest BCUT2D eigenvalue weighted by molar-refractivity contribution is -0.151. The third-order valence-electron chi connectivity index (χ3n) is 4.07. The van der Waals surface area contributed by atoms with Crippen LogP contribution < -0.4 is 5.32 Å². The zero-order valence-electron chi connectivity index (χ0n) is 11.3. The highest BCUT2D eigenvalue weighted by molar-refractivity contribution is 7.17. The summed E-state index contributed by atoms with van der Waals surface area (Å²) in [5.41, 5.74) is -0.816. The second kappa shape index (κ2) is 6.14. The summed E-state index contributed by atoms with van der Waals surface area (Å²) in [7, 11) is 0. The Labute approximate surface area is 127 Å². The molecule has 0 spiro atoms. The first-order chi connectivity index (χ1) is 9.43. The van der Waals surface area contributed by atoms with Crippen molar-refractivity contribution in [3.05, 3.63) is 21.3 Å². The molecule has 20 heavy (non-hydrogen) atoms. The molecule has 1 aliphatic carbocycles. The maximum Gasteiger partial charge on any atom is 0.311 e. The standard InChI is InChI=1S/C14H18ClNO3S/c1-9-4-6-14(7-5-9,13(18)19)8-16-12(17)10-2-3-11(15)20-10/h2-3,9H,4-8H2,1H3,(H,16,17)(H,18,19). The van der Waals surface area contributed by atoms with Crippen molar-refractivity contribution in [3.63, 3.8) is 0 Å². The largest absolute Gasteiger partial charge is 0.481 e. The SMILES string of the molecule is CC1CCC(CNC(=O)c2ccc(Cl)s2)(C(=O)O)CC1. The van der Waals surface area contributed by atoms with Gasteiger partial charge in [-0.2, -0.15) is 0 Å². The number of hydrogen-bond donors (Lipinski definition) is 2. The van der Waals surface area contributed by atoms with Gasteiger partial charge in [0, 0.05) is 6.54 Å². The molecule has 0 atom stereocenters. The van der Waals surface area contributed by atoms with Crippen molar-refractivity contribution in [2.75, 3.05) is 6.54 Å². The number of carbonyl (C=O) groups excluding carboxylic acids is 1. The van der Waals surface area contributed by atoms with Gasteiger partial charge in [0.2, 0.25) is 0 Å². The Balaban J connectivity index is 1.99. The zero-order chi connectivity index (χ0) is 14.8. The van der Waals surface area contributed by atoms with Crippen molar-refractivity contribution >= 4 is 34.8 Å². The molecule has 0 aliphatic heterocycles. The normalized spacial score (nSPS) is 26.2. The van der Waals surface area contributed by atoms with E-state index in [-0.39, 0.29) is 12.5 Å². The van der Waals surface area contributed by atoms with Crippen LogP contribution in [0.15, 0.2) is 12.1 Å². The summed E-state index contributed by atoms with van der Waals surface area (Å²) in [6.07, 6.45) is 3.03. The van der Waals surface area contributed by atoms with Gasteiger partial charge in [-0.3, -0.25) is 9.59 Å². The van der Waals surface area contributed by atoms with Gasteiger partial charge in [0.05, 0.1) is 14.6 Å². The van der Waals surface area contributed by atoms with Crippen molar-refractivity contribution in [2.45, 2.75) is 32.6 Å². The van der Waals surface area contributed by atoms with E-state index in [2.05, 4.69) is 12.2 Å². The number of hydrogen-bond acceptors (Lipinski definition) is 3. The van der Waals surface area contributed by atoms with E-state index in [0.717, 1.165) is 12.8 Å². The first-order valence-corrected chi connectivity index (χ1v) is 7.89. The van der Waals surface area contributed by atoms with Crippen LogP contribution in [0.25, 0.3) is 0 Å². The number of aliphatic carboxylic acids is 1. The fourth-order valence-corrected chi connectivity index (χ4v) is 3.51. The second-order valence-electron chi connectivity index (χ2n) is 5.55. The summed E-state index contributed by atoms with van der Waals surface area (Å²) in [5, 5.41) is 12.2. The van der Waals surface area contributed by atoms with Crippen molar-refractivity contribution < 1.29 is 14.7 Å². The number of carboxylic acids is 1. The molecule has 1 aromatic heterocycles. The minimum absolute atomic E-state index is 0.184. The van der Waals surface area contributed by atoms with Crippen molar-refractivity contribution in [1.82, 2.24) is 5.32 Å². The van der Waals surface area contributed by atoms with Gasteiger partial charge < -0.3 is 10.4 Å². The van der Waals surface area contributed by atoms with Gasteiger partial charge in [0.1, 0.15) is 0 Å². The molecule has 0 aromatic carbocycles. The van der Waals surface area contributed by atoms with Crippen LogP contribution >= 0.6 is 22.9 Å². The van der Waals surface area contributed by atoms with Crippen molar-refractivity contribution in [1.29, 1.82) is 0 Å². The number of halogens is 1. The minimum Gasteiger partial charge on any atom is -0.481 e. The summed E-state index contributed by atoms with van der Waals surface area (Å²) in [4.78, 5) is 24.1. The Morgan fingerprint density at radius 2 is 2.10 bits per heavy atom. The van der Waals surface area contributed by atoms with E-state index in [9.17, 15) is 14.7 Å². The van der Waals surface area contributed by atoms with Crippen LogP contribution in [0.3, 0.4) is 0 Å². The molecule has 4 nitrogen and oxygen atoms in total. The molecule has 0 radical (unpaired) electrons. The van der Waals surface area contributed by atoms with Gasteiger partial charge >= 0.3 is 5.97 Å². The van der Waals surface area contributed by atoms with Gasteiger partial charge in [-0.1, -0.05) is 18.5 Å². The van der Waals surface area contributed by atoms with Crippen LogP contribution in [0.4, 0.5) is 0 Å². The number of carboxylic acid groups (broad SMARTS) is 1. The molecule has 1 fully saturated rings. The Kier molecular flexibility index (Phi) is 4.70. The van der Waals surface area contributed by atoms with E-state index in [1.54, 1.807) is 12.1 Å². The highest BCUT2D eigenvalue weighted by Gasteiger charge is 2.41. The number of nitrogens with one attached hydrogen (secondary N) is 1. The molecule has 110 valence electrons. The highest BCUT2D eigenvalue weighted by Crippen LogP contribution is 2.38. The van der Waals surface area contributed by atoms with Gasteiger partial charge in [0.25, 0.3) is 5.91 Å². The Morgan fingerprint density at radius 3 is 2.60 bits per heavy atom. The third-order valence-corrected chi connectivity index (χ3v) is 5.30. The summed E-state index contributed by atoms with van der Waals surface area (Å²) in [6, 6.07) is 3.31. The van der Waals surface area contributed by atoms with Crippen LogP contribution in [-0.2, 0) is 4.79 Å². The van der Waals surface area contributed by atoms with Crippen LogP contribution in [0.1, 0.15) is 42.3 Å². The molecule has 1 aromatic rings. The van der Waals surface area contributed by atoms with Crippen molar-refractivity contribution in [2.24, 2.45) is 11.3 Å². The number of carbonyl (C=O) groups is 2. The molecule has 6 heteroatoms. The lowest BCUT2D eigenvalue weighted by Crippen LogP contribution is -2.45. The molecule has 1 saturated carbocycles. The summed E-state index contributed by atoms with van der Waals surface area (Å²) in [6.45, 7) is 2.32. The maximum absolute atomic E-state index is 12.0. The summed E-state index contributed by atoms with van der Waals surface area (Å²) < 4.78 is 0.551. The first kappa shape index (κ1) is 15.3. The zero-order valence-corrected chi connectivity index (χ0v) is 12.9. The van der Waals surface area contributed by atoms with E-state index >= 15 is 0 Å². The fraction of sp³-hybridized carbons (Fsp3) is 0.571. The molecular weight excluding hydrogens is 298 g/mol. The number of thiophene rings is 1. The van der Waals surface area contributed by atoms with E-state index in [4.69, 9.17) is 11.6 Å². The third kappa shape index (κ3) is 3.33. The topological polar surface area (TPSA) is 66.4 Å². The molecule has 1 heterocycles. The number of amides is 1. The van der Waals surface area contributed by atoms with Gasteiger partial charge in [-0.25, -0.2) is 0 Å². The predicted molar refractivity (Wildman–Crippen MR) is 79.4 cm³/mol. The monoisotopic (exact) mass is 315 g/mol. The minimum atomic E-state index is -0.816. The van der Waals surface area contributed by atoms with Crippen LogP contribution in [0.2, 0.25) is 4.34 Å². The molecule has 1 amide bonds. The van der Waals surface area contributed by atoms with Gasteiger partial charge in [0.15, 0.2) is 0 Å². The van der Waals surface area contributed by atoms with E-state index in [1.807, 2.05) is 0 Å². The highest BCUT2D eigenvalue weighted by atomic mass is 35.5. The summed E-state index contributed by atoms with van der Waals surface area (Å²) in [5.74, 6) is -0.496. The van der Waals surface area contributed by atoms with Gasteiger partial charge in [-0.05, 0) is 43.7 Å². The number of rotatable bonds is 4. The quantitative estimate of drug-likeness (QED) is 0.894. The summed E-state index contributed by atoms with van der Waals surface area (Å²) >= 11 is 6.99. The first-order valence-electron chi connectivity index (χ1n) is 6.70. The molecule has 0 unspecified atom stereocenters. The fourth-order valence-electron chi connectivity index (χ4n) is 2.55. The van der Waals surface area contributed by atoms with Gasteiger partial charge in [-0.15, -0.1) is 11.3 Å². The molecule has 2 rings (SSSR count). The maximum atomic E-state index is 12.0. The van der Waals surface area contributed by atoms with Crippen molar-refractivity contribution in [3.8, 4) is 0 Å². The van der Waals surface area contributed by atoms with E-state index < -0.39 is 11.4 Å². The molecule has 0 bridgehead atoms. The lowest BCUT2D eigenvalue weighted by atomic mass is 9.71. The molecule has 2 N–H and O–H groups in total. The molecule has 0 saturated heterocycles. The van der Waals surface area contributed by atoms with Crippen LogP contribution in [0, 0.1) is 11.3 Å². The predicted octanol–water partition coefficient (Wildman–Crippen LogP) is 3.41. The van der Waals surface area contributed by atoms with Crippen LogP contribution in [-0.4, -0.2) is 23.5 Å². The Hall–Kier alpha value is -1.07. The smallest absolute Gasteiger partial charge is 0.311 e. The Morgan fingerprint density at radius 1 is 1.45 bits per heavy atom. The van der Waals surface area contributed by atoms with E-state index in [0.29, 0.717) is 28.0 Å². The average Bonchev–Trinajstić information content (AvgIpc) is 2.84. The Bertz CT molecular complexity index is 506. The van der Waals surface area contributed by atoms with E-state index in [1.165, 1.54) is 11.3 Å². The molecular formula is C14H18ClNO3S. The molecule has 1 aliphatic rings. The average molecular weight is 316 g/mol. The van der Waals surface area contributed by atoms with Crippen LogP contribution in [0.5, 0.6) is 0 Å². The lowest BCUT2D eigenvalue weighted by Gasteiger charge is -2.35.